The Hall–Kier alpha value is -2.10. The maximum atomic E-state index is 11.8. The lowest BCUT2D eigenvalue weighted by atomic mass is 10.1. The molecule has 0 saturated heterocycles. The molecule has 1 aromatic heterocycles. The molecule has 88 valence electrons. The molecule has 4 heteroatoms. The van der Waals surface area contributed by atoms with Crippen molar-refractivity contribution in [2.75, 3.05) is 5.73 Å². The first kappa shape index (κ1) is 11.4. The number of hydrogen-bond acceptors (Lipinski definition) is 3. The Kier molecular flexibility index (Phi) is 3.23. The highest BCUT2D eigenvalue weighted by molar-refractivity contribution is 5.82. The molecule has 0 spiro atoms. The van der Waals surface area contributed by atoms with Gasteiger partial charge < -0.3 is 10.3 Å². The van der Waals surface area contributed by atoms with Gasteiger partial charge in [0.1, 0.15) is 11.6 Å². The Bertz CT molecular complexity index is 514. The van der Waals surface area contributed by atoms with E-state index in [-0.39, 0.29) is 5.78 Å². The van der Waals surface area contributed by atoms with E-state index in [2.05, 4.69) is 4.98 Å². The zero-order valence-electron chi connectivity index (χ0n) is 9.76. The predicted octanol–water partition coefficient (Wildman–Crippen LogP) is 1.36. The molecule has 0 saturated carbocycles. The van der Waals surface area contributed by atoms with Crippen molar-refractivity contribution in [3.8, 4) is 0 Å². The molecule has 2 N–H and O–H groups in total. The van der Waals surface area contributed by atoms with Gasteiger partial charge in [0.25, 0.3) is 0 Å². The molecule has 0 fully saturated rings. The first-order valence-electron chi connectivity index (χ1n) is 5.47. The van der Waals surface area contributed by atoms with Crippen molar-refractivity contribution in [3.63, 3.8) is 0 Å². The van der Waals surface area contributed by atoms with Gasteiger partial charge in [-0.15, -0.1) is 0 Å². The topological polar surface area (TPSA) is 60.9 Å². The van der Waals surface area contributed by atoms with Crippen molar-refractivity contribution >= 4 is 11.5 Å². The molecule has 0 bridgehead atoms. The molecule has 0 aliphatic rings. The molecule has 1 heterocycles. The number of aryl methyl sites for hydroxylation is 1. The number of Topliss-reactive ketones (excluding diaryl/α,β-unsaturated/α-hetero) is 1. The third kappa shape index (κ3) is 2.93. The average molecular weight is 229 g/mol. The number of aromatic nitrogens is 2. The Labute approximate surface area is 100 Å². The summed E-state index contributed by atoms with van der Waals surface area (Å²) in [6, 6.07) is 7.38. The standard InChI is InChI=1S/C13H15N3O/c1-16-7-6-15-13(16)9-12(17)8-10-2-4-11(14)5-3-10/h2-7H,8-9,14H2,1H3. The van der Waals surface area contributed by atoms with Crippen LogP contribution in [0, 0.1) is 0 Å². The van der Waals surface area contributed by atoms with Gasteiger partial charge in [-0.05, 0) is 17.7 Å². The van der Waals surface area contributed by atoms with Crippen LogP contribution in [0.2, 0.25) is 0 Å². The number of imidazole rings is 1. The summed E-state index contributed by atoms with van der Waals surface area (Å²) < 4.78 is 1.86. The molecule has 4 nitrogen and oxygen atoms in total. The number of nitrogens with zero attached hydrogens (tertiary/aromatic N) is 2. The molecule has 0 aliphatic carbocycles. The van der Waals surface area contributed by atoms with Gasteiger partial charge >= 0.3 is 0 Å². The number of benzene rings is 1. The highest BCUT2D eigenvalue weighted by Crippen LogP contribution is 2.08. The number of nitrogen functional groups attached to an aromatic ring is 1. The van der Waals surface area contributed by atoms with Gasteiger partial charge in [-0.1, -0.05) is 12.1 Å². The van der Waals surface area contributed by atoms with Crippen molar-refractivity contribution in [3.05, 3.63) is 48.0 Å². The molecule has 17 heavy (non-hydrogen) atoms. The molecular weight excluding hydrogens is 214 g/mol. The van der Waals surface area contributed by atoms with Crippen LogP contribution in [0.3, 0.4) is 0 Å². The SMILES string of the molecule is Cn1ccnc1CC(=O)Cc1ccc(N)cc1. The lowest BCUT2D eigenvalue weighted by Gasteiger charge is -2.02. The quantitative estimate of drug-likeness (QED) is 0.805. The minimum absolute atomic E-state index is 0.157. The fourth-order valence-corrected chi connectivity index (χ4v) is 1.67. The van der Waals surface area contributed by atoms with Gasteiger partial charge in [-0.2, -0.15) is 0 Å². The summed E-state index contributed by atoms with van der Waals surface area (Å²) in [5.74, 6) is 0.953. The minimum atomic E-state index is 0.157. The van der Waals surface area contributed by atoms with Crippen LogP contribution in [0.5, 0.6) is 0 Å². The molecule has 2 rings (SSSR count). The molecule has 1 aromatic carbocycles. The van der Waals surface area contributed by atoms with Crippen LogP contribution < -0.4 is 5.73 Å². The van der Waals surface area contributed by atoms with Gasteiger partial charge in [0, 0.05) is 31.5 Å². The summed E-state index contributed by atoms with van der Waals surface area (Å²) in [4.78, 5) is 16.0. The molecule has 0 radical (unpaired) electrons. The minimum Gasteiger partial charge on any atom is -0.399 e. The van der Waals surface area contributed by atoms with Crippen molar-refractivity contribution < 1.29 is 4.79 Å². The number of anilines is 1. The van der Waals surface area contributed by atoms with E-state index in [1.54, 1.807) is 6.20 Å². The van der Waals surface area contributed by atoms with Crippen LogP contribution in [-0.2, 0) is 24.7 Å². The van der Waals surface area contributed by atoms with Crippen LogP contribution in [0.15, 0.2) is 36.7 Å². The molecule has 2 aromatic rings. The molecule has 0 amide bonds. The zero-order chi connectivity index (χ0) is 12.3. The lowest BCUT2D eigenvalue weighted by Crippen LogP contribution is -2.10. The van der Waals surface area contributed by atoms with E-state index in [9.17, 15) is 4.79 Å². The van der Waals surface area contributed by atoms with Crippen molar-refractivity contribution in [2.24, 2.45) is 7.05 Å². The highest BCUT2D eigenvalue weighted by Gasteiger charge is 2.08. The largest absolute Gasteiger partial charge is 0.399 e. The fraction of sp³-hybridized carbons (Fsp3) is 0.231. The average Bonchev–Trinajstić information content (AvgIpc) is 2.68. The molecule has 0 unspecified atom stereocenters. The lowest BCUT2D eigenvalue weighted by molar-refractivity contribution is -0.117. The van der Waals surface area contributed by atoms with E-state index in [0.29, 0.717) is 18.5 Å². The van der Waals surface area contributed by atoms with E-state index < -0.39 is 0 Å². The first-order chi connectivity index (χ1) is 8.15. The Morgan fingerprint density at radius 3 is 2.59 bits per heavy atom. The van der Waals surface area contributed by atoms with E-state index in [4.69, 9.17) is 5.73 Å². The second-order valence-corrected chi connectivity index (χ2v) is 4.09. The van der Waals surface area contributed by atoms with E-state index >= 15 is 0 Å². The summed E-state index contributed by atoms with van der Waals surface area (Å²) in [6.45, 7) is 0. The predicted molar refractivity (Wildman–Crippen MR) is 66.5 cm³/mol. The summed E-state index contributed by atoms with van der Waals surface area (Å²) >= 11 is 0. The molecule has 0 aliphatic heterocycles. The number of ketones is 1. The maximum absolute atomic E-state index is 11.8. The van der Waals surface area contributed by atoms with Crippen molar-refractivity contribution in [2.45, 2.75) is 12.8 Å². The summed E-state index contributed by atoms with van der Waals surface area (Å²) in [5, 5.41) is 0. The van der Waals surface area contributed by atoms with Gasteiger partial charge in [0.15, 0.2) is 0 Å². The van der Waals surface area contributed by atoms with Gasteiger partial charge in [-0.3, -0.25) is 4.79 Å². The van der Waals surface area contributed by atoms with E-state index in [1.165, 1.54) is 0 Å². The highest BCUT2D eigenvalue weighted by atomic mass is 16.1. The summed E-state index contributed by atoms with van der Waals surface area (Å²) in [7, 11) is 1.89. The van der Waals surface area contributed by atoms with Crippen LogP contribution in [0.4, 0.5) is 5.69 Å². The Balaban J connectivity index is 1.98. The summed E-state index contributed by atoms with van der Waals surface area (Å²) in [6.07, 6.45) is 4.33. The number of carbonyl (C=O) groups is 1. The number of hydrogen-bond donors (Lipinski definition) is 1. The number of nitrogens with two attached hydrogens (primary N) is 1. The zero-order valence-corrected chi connectivity index (χ0v) is 9.76. The summed E-state index contributed by atoms with van der Waals surface area (Å²) in [5.41, 5.74) is 7.29. The molecular formula is C13H15N3O. The third-order valence-electron chi connectivity index (χ3n) is 2.66. The monoisotopic (exact) mass is 229 g/mol. The fourth-order valence-electron chi connectivity index (χ4n) is 1.67. The number of carbonyl (C=O) groups excluding carboxylic acids is 1. The first-order valence-corrected chi connectivity index (χ1v) is 5.47. The normalized spacial score (nSPS) is 10.4. The van der Waals surface area contributed by atoms with E-state index in [0.717, 1.165) is 11.4 Å². The van der Waals surface area contributed by atoms with Gasteiger partial charge in [0.2, 0.25) is 0 Å². The second kappa shape index (κ2) is 4.82. The number of rotatable bonds is 4. The van der Waals surface area contributed by atoms with Crippen LogP contribution in [0.25, 0.3) is 0 Å². The Morgan fingerprint density at radius 2 is 2.00 bits per heavy atom. The van der Waals surface area contributed by atoms with Crippen LogP contribution in [-0.4, -0.2) is 15.3 Å². The Morgan fingerprint density at radius 1 is 1.29 bits per heavy atom. The van der Waals surface area contributed by atoms with Gasteiger partial charge in [-0.25, -0.2) is 4.98 Å². The second-order valence-electron chi connectivity index (χ2n) is 4.09. The van der Waals surface area contributed by atoms with Crippen molar-refractivity contribution in [1.29, 1.82) is 0 Å². The smallest absolute Gasteiger partial charge is 0.144 e. The third-order valence-corrected chi connectivity index (χ3v) is 2.66. The van der Waals surface area contributed by atoms with Crippen LogP contribution in [0.1, 0.15) is 11.4 Å². The van der Waals surface area contributed by atoms with Crippen molar-refractivity contribution in [1.82, 2.24) is 9.55 Å². The van der Waals surface area contributed by atoms with Crippen LogP contribution >= 0.6 is 0 Å². The molecule has 0 atom stereocenters. The van der Waals surface area contributed by atoms with Gasteiger partial charge in [0.05, 0.1) is 6.42 Å². The van der Waals surface area contributed by atoms with E-state index in [1.807, 2.05) is 42.1 Å². The maximum Gasteiger partial charge on any atom is 0.144 e.